The lowest BCUT2D eigenvalue weighted by molar-refractivity contribution is -0.133. The van der Waals surface area contributed by atoms with E-state index in [1.54, 1.807) is 0 Å². The van der Waals surface area contributed by atoms with Crippen molar-refractivity contribution in [3.8, 4) is 0 Å². The second-order valence-corrected chi connectivity index (χ2v) is 10.0. The van der Waals surface area contributed by atoms with E-state index in [4.69, 9.17) is 0 Å². The molecule has 0 unspecified atom stereocenters. The summed E-state index contributed by atoms with van der Waals surface area (Å²) in [4.78, 5) is 28.8. The lowest BCUT2D eigenvalue weighted by Crippen LogP contribution is -2.51. The molecule has 2 heterocycles. The molecule has 0 aliphatic carbocycles. The van der Waals surface area contributed by atoms with Crippen LogP contribution in [0.3, 0.4) is 0 Å². The fourth-order valence-corrected chi connectivity index (χ4v) is 5.33. The van der Waals surface area contributed by atoms with Crippen molar-refractivity contribution in [2.45, 2.75) is 39.0 Å². The van der Waals surface area contributed by atoms with Crippen molar-refractivity contribution in [3.05, 3.63) is 101 Å². The average molecular weight is 495 g/mol. The van der Waals surface area contributed by atoms with E-state index in [0.29, 0.717) is 44.6 Å². The summed E-state index contributed by atoms with van der Waals surface area (Å²) < 4.78 is 0. The van der Waals surface area contributed by atoms with Crippen LogP contribution in [0.25, 0.3) is 10.9 Å². The molecule has 5 rings (SSSR count). The SMILES string of the molecule is CCc1ccc(CCNC(=O)C2(Cc3ccccc3)CCN(C(=O)c3n[nH]c4ccccc34)CC2)cc1. The highest BCUT2D eigenvalue weighted by Crippen LogP contribution is 2.36. The van der Waals surface area contributed by atoms with Crippen LogP contribution in [0.5, 0.6) is 0 Å². The van der Waals surface area contributed by atoms with E-state index < -0.39 is 5.41 Å². The Bertz CT molecular complexity index is 1350. The summed E-state index contributed by atoms with van der Waals surface area (Å²) >= 11 is 0. The Balaban J connectivity index is 1.27. The van der Waals surface area contributed by atoms with Crippen LogP contribution in [-0.4, -0.2) is 46.5 Å². The van der Waals surface area contributed by atoms with Gasteiger partial charge in [0.1, 0.15) is 0 Å². The van der Waals surface area contributed by atoms with Crippen molar-refractivity contribution in [3.63, 3.8) is 0 Å². The van der Waals surface area contributed by atoms with Crippen molar-refractivity contribution in [1.29, 1.82) is 0 Å². The molecule has 1 aromatic heterocycles. The van der Waals surface area contributed by atoms with E-state index in [-0.39, 0.29) is 11.8 Å². The molecule has 1 aliphatic rings. The third-order valence-corrected chi connectivity index (χ3v) is 7.68. The van der Waals surface area contributed by atoms with Gasteiger partial charge in [-0.05, 0) is 54.9 Å². The summed E-state index contributed by atoms with van der Waals surface area (Å²) in [6.45, 7) is 3.80. The zero-order valence-electron chi connectivity index (χ0n) is 21.4. The van der Waals surface area contributed by atoms with Crippen LogP contribution >= 0.6 is 0 Å². The summed E-state index contributed by atoms with van der Waals surface area (Å²) in [5.41, 5.74) is 4.44. The van der Waals surface area contributed by atoms with Gasteiger partial charge in [-0.25, -0.2) is 0 Å². The minimum atomic E-state index is -0.544. The number of H-pyrrole nitrogens is 1. The number of carbonyl (C=O) groups is 2. The number of para-hydroxylation sites is 1. The van der Waals surface area contributed by atoms with Gasteiger partial charge in [-0.2, -0.15) is 5.10 Å². The highest BCUT2D eigenvalue weighted by atomic mass is 16.2. The number of hydrogen-bond donors (Lipinski definition) is 2. The van der Waals surface area contributed by atoms with Crippen LogP contribution < -0.4 is 5.32 Å². The minimum Gasteiger partial charge on any atom is -0.355 e. The molecule has 0 spiro atoms. The first kappa shape index (κ1) is 24.8. The minimum absolute atomic E-state index is 0.0818. The molecular formula is C31H34N4O2. The van der Waals surface area contributed by atoms with Crippen LogP contribution in [-0.2, 0) is 24.1 Å². The molecule has 0 radical (unpaired) electrons. The molecule has 190 valence electrons. The third-order valence-electron chi connectivity index (χ3n) is 7.68. The van der Waals surface area contributed by atoms with Gasteiger partial charge < -0.3 is 10.2 Å². The van der Waals surface area contributed by atoms with Crippen molar-refractivity contribution in [2.75, 3.05) is 19.6 Å². The van der Waals surface area contributed by atoms with Gasteiger partial charge >= 0.3 is 0 Å². The van der Waals surface area contributed by atoms with E-state index in [1.807, 2.05) is 47.4 Å². The maximum atomic E-state index is 13.7. The van der Waals surface area contributed by atoms with E-state index in [0.717, 1.165) is 29.3 Å². The Hall–Kier alpha value is -3.93. The van der Waals surface area contributed by atoms with Crippen molar-refractivity contribution in [1.82, 2.24) is 20.4 Å². The molecule has 4 aromatic rings. The van der Waals surface area contributed by atoms with E-state index in [1.165, 1.54) is 11.1 Å². The number of benzene rings is 3. The number of nitrogens with one attached hydrogen (secondary N) is 2. The maximum absolute atomic E-state index is 13.7. The summed E-state index contributed by atoms with van der Waals surface area (Å²) in [5, 5.41) is 11.3. The molecule has 2 N–H and O–H groups in total. The van der Waals surface area contributed by atoms with Gasteiger partial charge in [-0.3, -0.25) is 14.7 Å². The largest absolute Gasteiger partial charge is 0.355 e. The Morgan fingerprint density at radius 2 is 1.57 bits per heavy atom. The van der Waals surface area contributed by atoms with Crippen molar-refractivity contribution >= 4 is 22.7 Å². The Morgan fingerprint density at radius 1 is 0.892 bits per heavy atom. The number of carbonyl (C=O) groups excluding carboxylic acids is 2. The average Bonchev–Trinajstić information content (AvgIpc) is 3.38. The van der Waals surface area contributed by atoms with E-state index in [9.17, 15) is 9.59 Å². The van der Waals surface area contributed by atoms with E-state index in [2.05, 4.69) is 58.8 Å². The number of aromatic nitrogens is 2. The molecule has 6 nitrogen and oxygen atoms in total. The van der Waals surface area contributed by atoms with Gasteiger partial charge in [-0.15, -0.1) is 0 Å². The fourth-order valence-electron chi connectivity index (χ4n) is 5.33. The van der Waals surface area contributed by atoms with E-state index >= 15 is 0 Å². The Morgan fingerprint density at radius 3 is 2.30 bits per heavy atom. The number of aromatic amines is 1. The zero-order valence-corrected chi connectivity index (χ0v) is 21.4. The highest BCUT2D eigenvalue weighted by molar-refractivity contribution is 6.04. The first-order valence-corrected chi connectivity index (χ1v) is 13.2. The molecule has 0 saturated carbocycles. The first-order valence-electron chi connectivity index (χ1n) is 13.2. The standard InChI is InChI=1S/C31H34N4O2/c1-2-23-12-14-24(15-13-23)16-19-32-30(37)31(22-25-8-4-3-5-9-25)17-20-35(21-18-31)29(36)28-26-10-6-7-11-27(26)33-34-28/h3-15H,2,16-22H2,1H3,(H,32,37)(H,33,34). The topological polar surface area (TPSA) is 78.1 Å². The molecule has 37 heavy (non-hydrogen) atoms. The van der Waals surface area contributed by atoms with Gasteiger partial charge in [0, 0.05) is 25.0 Å². The smallest absolute Gasteiger partial charge is 0.274 e. The quantitative estimate of drug-likeness (QED) is 0.364. The predicted octanol–water partition coefficient (Wildman–Crippen LogP) is 4.95. The Labute approximate surface area is 218 Å². The monoisotopic (exact) mass is 494 g/mol. The number of hydrogen-bond acceptors (Lipinski definition) is 3. The fraction of sp³-hybridized carbons (Fsp3) is 0.323. The highest BCUT2D eigenvalue weighted by Gasteiger charge is 2.42. The summed E-state index contributed by atoms with van der Waals surface area (Å²) in [6.07, 6.45) is 3.72. The molecule has 6 heteroatoms. The predicted molar refractivity (Wildman–Crippen MR) is 146 cm³/mol. The first-order chi connectivity index (χ1) is 18.1. The van der Waals surface area contributed by atoms with Crippen LogP contribution in [0.1, 0.15) is 46.9 Å². The van der Waals surface area contributed by atoms with Crippen LogP contribution in [0.2, 0.25) is 0 Å². The lowest BCUT2D eigenvalue weighted by Gasteiger charge is -2.40. The van der Waals surface area contributed by atoms with Crippen LogP contribution in [0.4, 0.5) is 0 Å². The van der Waals surface area contributed by atoms with Gasteiger partial charge in [0.05, 0.1) is 10.9 Å². The van der Waals surface area contributed by atoms with Crippen LogP contribution in [0.15, 0.2) is 78.9 Å². The molecular weight excluding hydrogens is 460 g/mol. The lowest BCUT2D eigenvalue weighted by atomic mass is 9.73. The molecule has 0 atom stereocenters. The number of fused-ring (bicyclic) bond motifs is 1. The Kier molecular flexibility index (Phi) is 7.35. The van der Waals surface area contributed by atoms with Gasteiger partial charge in [0.15, 0.2) is 5.69 Å². The molecule has 3 aromatic carbocycles. The number of aryl methyl sites for hydroxylation is 1. The molecule has 0 bridgehead atoms. The zero-order chi connectivity index (χ0) is 25.7. The number of nitrogens with zero attached hydrogens (tertiary/aromatic N) is 2. The summed E-state index contributed by atoms with van der Waals surface area (Å²) in [5.74, 6) is 0.000505. The molecule has 1 saturated heterocycles. The van der Waals surface area contributed by atoms with Gasteiger partial charge in [0.25, 0.3) is 5.91 Å². The second-order valence-electron chi connectivity index (χ2n) is 10.0. The number of amides is 2. The normalized spacial score (nSPS) is 15.0. The molecule has 1 fully saturated rings. The summed E-state index contributed by atoms with van der Waals surface area (Å²) in [6, 6.07) is 26.5. The molecule has 1 aliphatic heterocycles. The van der Waals surface area contributed by atoms with Gasteiger partial charge in [0.2, 0.25) is 5.91 Å². The van der Waals surface area contributed by atoms with Gasteiger partial charge in [-0.1, -0.05) is 79.7 Å². The van der Waals surface area contributed by atoms with Crippen LogP contribution in [0, 0.1) is 5.41 Å². The second kappa shape index (κ2) is 11.0. The number of rotatable bonds is 8. The van der Waals surface area contributed by atoms with Crippen molar-refractivity contribution < 1.29 is 9.59 Å². The van der Waals surface area contributed by atoms with Crippen molar-refractivity contribution in [2.24, 2.45) is 5.41 Å². The number of likely N-dealkylation sites (tertiary alicyclic amines) is 1. The third kappa shape index (κ3) is 5.43. The molecule has 2 amide bonds. The maximum Gasteiger partial charge on any atom is 0.274 e. The number of piperidine rings is 1. The summed E-state index contributed by atoms with van der Waals surface area (Å²) in [7, 11) is 0.